The summed E-state index contributed by atoms with van der Waals surface area (Å²) < 4.78 is 0. The highest BCUT2D eigenvalue weighted by Crippen LogP contribution is 2.37. The van der Waals surface area contributed by atoms with Crippen LogP contribution in [0.1, 0.15) is 19.3 Å². The number of halogens is 1. The van der Waals surface area contributed by atoms with E-state index >= 15 is 0 Å². The van der Waals surface area contributed by atoms with Crippen LogP contribution in [0.15, 0.2) is 0 Å². The average Bonchev–Trinajstić information content (AvgIpc) is 2.43. The molecule has 2 aliphatic heterocycles. The molecule has 2 bridgehead atoms. The molecule has 0 amide bonds. The minimum absolute atomic E-state index is 0. The second-order valence-corrected chi connectivity index (χ2v) is 3.41. The van der Waals surface area contributed by atoms with Crippen molar-refractivity contribution in [1.82, 2.24) is 5.32 Å². The number of hydrogen-bond acceptors (Lipinski definition) is 3. The lowest BCUT2D eigenvalue weighted by Gasteiger charge is -2.25. The van der Waals surface area contributed by atoms with Gasteiger partial charge in [-0.3, -0.25) is 10.1 Å². The lowest BCUT2D eigenvalue weighted by Crippen LogP contribution is -2.52. The van der Waals surface area contributed by atoms with E-state index in [1.54, 1.807) is 0 Å². The summed E-state index contributed by atoms with van der Waals surface area (Å²) in [5.74, 6) is -0.912. The molecule has 12 heavy (non-hydrogen) atoms. The van der Waals surface area contributed by atoms with Gasteiger partial charge >= 0.3 is 5.97 Å². The third-order valence-corrected chi connectivity index (χ3v) is 2.81. The van der Waals surface area contributed by atoms with E-state index in [1.165, 1.54) is 0 Å². The average molecular weight is 194 g/mol. The lowest BCUT2D eigenvalue weighted by atomic mass is 9.85. The van der Waals surface area contributed by atoms with Crippen LogP contribution >= 0.6 is 12.4 Å². The molecule has 3 N–H and O–H groups in total. The van der Waals surface area contributed by atoms with Crippen molar-refractivity contribution in [1.29, 1.82) is 0 Å². The first-order valence-electron chi connectivity index (χ1n) is 3.84. The topological polar surface area (TPSA) is 69.6 Å². The van der Waals surface area contributed by atoms with Crippen LogP contribution in [0.2, 0.25) is 0 Å². The maximum atomic E-state index is 10.8. The molecule has 3 unspecified atom stereocenters. The molecule has 2 saturated heterocycles. The molecule has 0 aromatic heterocycles. The summed E-state index contributed by atoms with van der Waals surface area (Å²) in [6.07, 6.45) is 1.34. The number of carboxylic acids is 1. The lowest BCUT2D eigenvalue weighted by molar-refractivity contribution is -0.148. The van der Waals surface area contributed by atoms with E-state index < -0.39 is 17.6 Å². The molecule has 2 fully saturated rings. The summed E-state index contributed by atoms with van der Waals surface area (Å²) in [5, 5.41) is 21.2. The predicted octanol–water partition coefficient (Wildman–Crippen LogP) is -0.252. The maximum Gasteiger partial charge on any atom is 0.326 e. The van der Waals surface area contributed by atoms with Gasteiger partial charge in [-0.15, -0.1) is 12.4 Å². The molecule has 0 radical (unpaired) electrons. The highest BCUT2D eigenvalue weighted by atomic mass is 35.5. The van der Waals surface area contributed by atoms with Gasteiger partial charge in [-0.1, -0.05) is 0 Å². The molecule has 2 aliphatic rings. The zero-order valence-electron chi connectivity index (χ0n) is 6.49. The first kappa shape index (κ1) is 9.77. The van der Waals surface area contributed by atoms with Crippen molar-refractivity contribution in [2.24, 2.45) is 0 Å². The third-order valence-electron chi connectivity index (χ3n) is 2.81. The monoisotopic (exact) mass is 193 g/mol. The first-order chi connectivity index (χ1) is 5.15. The zero-order valence-corrected chi connectivity index (χ0v) is 7.30. The van der Waals surface area contributed by atoms with Gasteiger partial charge in [0.15, 0.2) is 0 Å². The Labute approximate surface area is 76.4 Å². The zero-order chi connectivity index (χ0) is 8.06. The Balaban J connectivity index is 0.000000720. The van der Waals surface area contributed by atoms with Gasteiger partial charge in [-0.05, 0) is 19.3 Å². The van der Waals surface area contributed by atoms with Crippen molar-refractivity contribution >= 4 is 18.4 Å². The van der Waals surface area contributed by atoms with Crippen molar-refractivity contribution in [3.8, 4) is 0 Å². The van der Waals surface area contributed by atoms with E-state index in [4.69, 9.17) is 5.11 Å². The molecule has 0 aromatic rings. The van der Waals surface area contributed by atoms with Crippen LogP contribution in [0.5, 0.6) is 0 Å². The van der Waals surface area contributed by atoms with E-state index in [9.17, 15) is 9.90 Å². The van der Waals surface area contributed by atoms with E-state index in [-0.39, 0.29) is 18.4 Å². The summed E-state index contributed by atoms with van der Waals surface area (Å²) in [5.41, 5.74) is -1.01. The summed E-state index contributed by atoms with van der Waals surface area (Å²) in [4.78, 5) is 10.8. The van der Waals surface area contributed by atoms with Gasteiger partial charge in [0.2, 0.25) is 0 Å². The Morgan fingerprint density at radius 1 is 1.58 bits per heavy atom. The molecule has 2 heterocycles. The molecule has 70 valence electrons. The Kier molecular flexibility index (Phi) is 2.33. The number of fused-ring (bicyclic) bond motifs is 2. The quantitative estimate of drug-likeness (QED) is 0.537. The predicted molar refractivity (Wildman–Crippen MR) is 44.4 cm³/mol. The smallest absolute Gasteiger partial charge is 0.326 e. The molecular formula is C7H12ClNO3. The van der Waals surface area contributed by atoms with Gasteiger partial charge in [0, 0.05) is 6.04 Å². The minimum atomic E-state index is -1.01. The fraction of sp³-hybridized carbons (Fsp3) is 0.857. The normalized spacial score (nSPS) is 44.1. The molecule has 2 rings (SSSR count). The molecule has 0 spiro atoms. The molecule has 3 atom stereocenters. The SMILES string of the molecule is Cl.O=C(O)C12CCC(CC1O)N2. The second kappa shape index (κ2) is 2.87. The van der Waals surface area contributed by atoms with E-state index in [0.717, 1.165) is 6.42 Å². The second-order valence-electron chi connectivity index (χ2n) is 3.41. The summed E-state index contributed by atoms with van der Waals surface area (Å²) in [6.45, 7) is 0. The Morgan fingerprint density at radius 3 is 2.50 bits per heavy atom. The standard InChI is InChI=1S/C7H11NO3.ClH/c9-5-3-4-1-2-7(5,8-4)6(10)11;/h4-5,8-9H,1-3H2,(H,10,11);1H. The Hall–Kier alpha value is -0.320. The first-order valence-corrected chi connectivity index (χ1v) is 3.84. The highest BCUT2D eigenvalue weighted by Gasteiger charge is 2.56. The molecular weight excluding hydrogens is 182 g/mol. The Morgan fingerprint density at radius 2 is 2.25 bits per heavy atom. The van der Waals surface area contributed by atoms with Crippen LogP contribution in [-0.2, 0) is 4.79 Å². The minimum Gasteiger partial charge on any atom is -0.480 e. The number of rotatable bonds is 1. The van der Waals surface area contributed by atoms with E-state index in [2.05, 4.69) is 5.32 Å². The van der Waals surface area contributed by atoms with Gasteiger partial charge in [-0.25, -0.2) is 0 Å². The van der Waals surface area contributed by atoms with Crippen LogP contribution in [0, 0.1) is 0 Å². The number of nitrogens with one attached hydrogen (secondary N) is 1. The van der Waals surface area contributed by atoms with Crippen molar-refractivity contribution in [2.75, 3.05) is 0 Å². The largest absolute Gasteiger partial charge is 0.480 e. The van der Waals surface area contributed by atoms with Gasteiger partial charge < -0.3 is 10.2 Å². The molecule has 4 nitrogen and oxygen atoms in total. The maximum absolute atomic E-state index is 10.8. The van der Waals surface area contributed by atoms with Crippen LogP contribution in [0.3, 0.4) is 0 Å². The van der Waals surface area contributed by atoms with E-state index in [0.29, 0.717) is 12.8 Å². The number of aliphatic hydroxyl groups is 1. The molecule has 0 aromatic carbocycles. The summed E-state index contributed by atoms with van der Waals surface area (Å²) >= 11 is 0. The highest BCUT2D eigenvalue weighted by molar-refractivity contribution is 5.85. The van der Waals surface area contributed by atoms with Gasteiger partial charge in [-0.2, -0.15) is 0 Å². The number of aliphatic hydroxyl groups excluding tert-OH is 1. The van der Waals surface area contributed by atoms with E-state index in [1.807, 2.05) is 0 Å². The fourth-order valence-corrected chi connectivity index (χ4v) is 2.13. The van der Waals surface area contributed by atoms with Crippen molar-refractivity contribution in [3.63, 3.8) is 0 Å². The fourth-order valence-electron chi connectivity index (χ4n) is 2.13. The summed E-state index contributed by atoms with van der Waals surface area (Å²) in [7, 11) is 0. The molecule has 0 saturated carbocycles. The number of hydrogen-bond donors (Lipinski definition) is 3. The van der Waals surface area contributed by atoms with Gasteiger partial charge in [0.05, 0.1) is 6.10 Å². The van der Waals surface area contributed by atoms with Gasteiger partial charge in [0.1, 0.15) is 5.54 Å². The van der Waals surface area contributed by atoms with Crippen LogP contribution in [-0.4, -0.2) is 33.9 Å². The molecule has 5 heteroatoms. The molecule has 0 aliphatic carbocycles. The van der Waals surface area contributed by atoms with Crippen molar-refractivity contribution in [3.05, 3.63) is 0 Å². The van der Waals surface area contributed by atoms with Crippen LogP contribution in [0.4, 0.5) is 0 Å². The Bertz CT molecular complexity index is 211. The number of aliphatic carboxylic acids is 1. The van der Waals surface area contributed by atoms with Crippen molar-refractivity contribution < 1.29 is 15.0 Å². The van der Waals surface area contributed by atoms with Crippen molar-refractivity contribution in [2.45, 2.75) is 36.9 Å². The van der Waals surface area contributed by atoms with Gasteiger partial charge in [0.25, 0.3) is 0 Å². The van der Waals surface area contributed by atoms with Crippen LogP contribution < -0.4 is 5.32 Å². The number of carbonyl (C=O) groups is 1. The van der Waals surface area contributed by atoms with Crippen LogP contribution in [0.25, 0.3) is 0 Å². The number of carboxylic acid groups (broad SMARTS) is 1. The third kappa shape index (κ3) is 1.02. The summed E-state index contributed by atoms with van der Waals surface area (Å²) in [6, 6.07) is 0.223.